The number of anilines is 1. The summed E-state index contributed by atoms with van der Waals surface area (Å²) in [6.45, 7) is 0.451. The van der Waals surface area contributed by atoms with Crippen LogP contribution in [0.2, 0.25) is 5.02 Å². The lowest BCUT2D eigenvalue weighted by Gasteiger charge is -2.21. The average molecular weight is 510 g/mol. The maximum atomic E-state index is 12.9. The first kappa shape index (κ1) is 24.7. The molecule has 0 saturated carbocycles. The van der Waals surface area contributed by atoms with Crippen molar-refractivity contribution in [1.82, 2.24) is 19.6 Å². The number of hydrogen-bond donors (Lipinski definition) is 1. The summed E-state index contributed by atoms with van der Waals surface area (Å²) < 4.78 is 52.0. The van der Waals surface area contributed by atoms with E-state index in [9.17, 15) is 22.8 Å². The van der Waals surface area contributed by atoms with Crippen LogP contribution in [0, 0.1) is 11.8 Å². The average Bonchev–Trinajstić information content (AvgIpc) is 3.20. The van der Waals surface area contributed by atoms with Crippen molar-refractivity contribution in [3.8, 4) is 17.5 Å². The molecule has 1 saturated heterocycles. The third kappa shape index (κ3) is 5.64. The van der Waals surface area contributed by atoms with Crippen molar-refractivity contribution >= 4 is 34.1 Å². The maximum absolute atomic E-state index is 12.9. The molecule has 4 rings (SSSR count). The monoisotopic (exact) mass is 509 g/mol. The van der Waals surface area contributed by atoms with Gasteiger partial charge in [0.25, 0.3) is 5.56 Å². The van der Waals surface area contributed by atoms with Crippen LogP contribution in [0.1, 0.15) is 25.0 Å². The summed E-state index contributed by atoms with van der Waals surface area (Å²) in [5, 5.41) is 9.96. The number of hydrogen-bond acceptors (Lipinski definition) is 6. The minimum absolute atomic E-state index is 0.114. The minimum atomic E-state index is -5.21. The smallest absolute Gasteiger partial charge is 0.353 e. The van der Waals surface area contributed by atoms with Gasteiger partial charge >= 0.3 is 12.1 Å². The highest BCUT2D eigenvalue weighted by atomic mass is 35.5. The quantitative estimate of drug-likeness (QED) is 0.542. The topological polar surface area (TPSA) is 100 Å². The van der Waals surface area contributed by atoms with Gasteiger partial charge in [-0.15, -0.1) is 0 Å². The molecule has 1 N–H and O–H groups in total. The van der Waals surface area contributed by atoms with Gasteiger partial charge in [0.1, 0.15) is 17.3 Å². The number of halogens is 4. The number of ether oxygens (including phenoxy) is 2. The van der Waals surface area contributed by atoms with E-state index < -0.39 is 34.6 Å². The molecule has 1 unspecified atom stereocenters. The van der Waals surface area contributed by atoms with Crippen molar-refractivity contribution in [3.63, 3.8) is 0 Å². The van der Waals surface area contributed by atoms with Crippen LogP contribution in [-0.4, -0.2) is 51.1 Å². The normalized spacial score (nSPS) is 16.1. The molecular weight excluding hydrogens is 491 g/mol. The Morgan fingerprint density at radius 2 is 2.14 bits per heavy atom. The van der Waals surface area contributed by atoms with E-state index in [2.05, 4.69) is 22.0 Å². The molecule has 3 heterocycles. The lowest BCUT2D eigenvalue weighted by Crippen LogP contribution is -2.32. The highest BCUT2D eigenvalue weighted by molar-refractivity contribution is 6.33. The van der Waals surface area contributed by atoms with Crippen LogP contribution in [-0.2, 0) is 21.3 Å². The summed E-state index contributed by atoms with van der Waals surface area (Å²) in [6, 6.07) is 4.81. The van der Waals surface area contributed by atoms with Gasteiger partial charge in [-0.2, -0.15) is 28.1 Å². The molecule has 1 amide bonds. The van der Waals surface area contributed by atoms with Crippen LogP contribution >= 0.6 is 11.6 Å². The second-order valence-electron chi connectivity index (χ2n) is 7.66. The molecule has 1 atom stereocenters. The second-order valence-corrected chi connectivity index (χ2v) is 8.04. The van der Waals surface area contributed by atoms with Gasteiger partial charge in [-0.25, -0.2) is 0 Å². The molecule has 1 aromatic carbocycles. The van der Waals surface area contributed by atoms with E-state index in [4.69, 9.17) is 21.1 Å². The molecule has 9 nitrogen and oxygen atoms in total. The Hall–Kier alpha value is -3.40. The van der Waals surface area contributed by atoms with Gasteiger partial charge in [0.15, 0.2) is 12.0 Å². The number of carbonyl (C=O) groups is 1. The van der Waals surface area contributed by atoms with Crippen LogP contribution in [0.15, 0.2) is 29.2 Å². The lowest BCUT2D eigenvalue weighted by atomic mass is 10.2. The van der Waals surface area contributed by atoms with Crippen LogP contribution < -0.4 is 10.9 Å². The van der Waals surface area contributed by atoms with E-state index in [0.29, 0.717) is 23.9 Å². The zero-order valence-corrected chi connectivity index (χ0v) is 19.1. The number of fused-ring (bicyclic) bond motifs is 1. The fourth-order valence-electron chi connectivity index (χ4n) is 3.43. The van der Waals surface area contributed by atoms with Gasteiger partial charge in [0.05, 0.1) is 11.2 Å². The van der Waals surface area contributed by atoms with E-state index in [1.807, 2.05) is 0 Å². The molecule has 1 fully saturated rings. The highest BCUT2D eigenvalue weighted by Crippen LogP contribution is 2.25. The first-order valence-electron chi connectivity index (χ1n) is 10.5. The minimum Gasteiger partial charge on any atom is -0.353 e. The Kier molecular flexibility index (Phi) is 7.11. The third-order valence-corrected chi connectivity index (χ3v) is 5.42. The number of nitrogens with zero attached hydrogens (tertiary/aromatic N) is 4. The molecule has 0 spiro atoms. The summed E-state index contributed by atoms with van der Waals surface area (Å²) in [5.41, 5.74) is -0.983. The summed E-state index contributed by atoms with van der Waals surface area (Å²) in [6.07, 6.45) is -1.36. The Morgan fingerprint density at radius 1 is 1.34 bits per heavy atom. The Bertz CT molecular complexity index is 1380. The van der Waals surface area contributed by atoms with Crippen molar-refractivity contribution < 1.29 is 27.4 Å². The molecular formula is C22H19ClF3N5O4. The second kappa shape index (κ2) is 10.1. The molecule has 1 aliphatic heterocycles. The van der Waals surface area contributed by atoms with Crippen molar-refractivity contribution in [3.05, 3.63) is 45.5 Å². The Labute approximate surface area is 201 Å². The van der Waals surface area contributed by atoms with E-state index >= 15 is 0 Å². The number of aryl methyl sites for hydroxylation is 1. The maximum Gasteiger partial charge on any atom is 0.471 e. The van der Waals surface area contributed by atoms with Crippen LogP contribution in [0.25, 0.3) is 16.6 Å². The summed E-state index contributed by atoms with van der Waals surface area (Å²) in [4.78, 5) is 24.4. The standard InChI is InChI=1S/C22H19ClF3N5O4/c1-30-12-13-11-14(7-8-15(13)28-30)31-20(32)18(23)19(27-21(33)22(24,25)26)16(29-31)5-4-10-35-17-6-2-3-9-34-17/h7-8,11-12,17H,2-3,6,9-10H2,1H3,(H,27,33). The molecule has 0 radical (unpaired) electrons. The predicted octanol–water partition coefficient (Wildman–Crippen LogP) is 3.17. The molecule has 1 aliphatic rings. The van der Waals surface area contributed by atoms with E-state index in [0.717, 1.165) is 17.5 Å². The number of carbonyl (C=O) groups excluding carboxylic acids is 1. The molecule has 35 heavy (non-hydrogen) atoms. The van der Waals surface area contributed by atoms with Gasteiger partial charge in [0, 0.05) is 25.2 Å². The van der Waals surface area contributed by atoms with E-state index in [1.165, 1.54) is 0 Å². The number of alkyl halides is 3. The largest absolute Gasteiger partial charge is 0.471 e. The first-order chi connectivity index (χ1) is 16.6. The van der Waals surface area contributed by atoms with E-state index in [-0.39, 0.29) is 18.0 Å². The molecule has 3 aromatic rings. The fraction of sp³-hybridized carbons (Fsp3) is 0.364. The lowest BCUT2D eigenvalue weighted by molar-refractivity contribution is -0.167. The van der Waals surface area contributed by atoms with Crippen LogP contribution in [0.5, 0.6) is 0 Å². The van der Waals surface area contributed by atoms with Gasteiger partial charge < -0.3 is 14.8 Å². The Morgan fingerprint density at radius 3 is 2.86 bits per heavy atom. The van der Waals surface area contributed by atoms with Gasteiger partial charge in [-0.3, -0.25) is 14.3 Å². The molecule has 2 aromatic heterocycles. The molecule has 0 aliphatic carbocycles. The number of nitrogens with one attached hydrogen (secondary N) is 1. The summed E-state index contributed by atoms with van der Waals surface area (Å²) >= 11 is 6.11. The number of benzene rings is 1. The van der Waals surface area contributed by atoms with Crippen molar-refractivity contribution in [2.75, 3.05) is 18.5 Å². The van der Waals surface area contributed by atoms with Crippen LogP contribution in [0.3, 0.4) is 0 Å². The zero-order chi connectivity index (χ0) is 25.2. The zero-order valence-electron chi connectivity index (χ0n) is 18.4. The summed E-state index contributed by atoms with van der Waals surface area (Å²) in [5.74, 6) is 2.86. The Balaban J connectivity index is 1.72. The predicted molar refractivity (Wildman–Crippen MR) is 120 cm³/mol. The van der Waals surface area contributed by atoms with E-state index in [1.54, 1.807) is 41.4 Å². The molecule has 13 heteroatoms. The molecule has 0 bridgehead atoms. The van der Waals surface area contributed by atoms with Crippen molar-refractivity contribution in [2.24, 2.45) is 7.05 Å². The van der Waals surface area contributed by atoms with Gasteiger partial charge in [0.2, 0.25) is 0 Å². The van der Waals surface area contributed by atoms with Crippen LogP contribution in [0.4, 0.5) is 18.9 Å². The van der Waals surface area contributed by atoms with Gasteiger partial charge in [-0.05, 0) is 43.4 Å². The SMILES string of the molecule is Cn1cc2cc(-n3nc(C#CCOC4CCCCO4)c(NC(=O)C(F)(F)F)c(Cl)c3=O)ccc2n1. The van der Waals surface area contributed by atoms with Gasteiger partial charge in [-0.1, -0.05) is 17.5 Å². The number of aromatic nitrogens is 4. The first-order valence-corrected chi connectivity index (χ1v) is 10.9. The number of amides is 1. The third-order valence-electron chi connectivity index (χ3n) is 5.07. The van der Waals surface area contributed by atoms with Crippen molar-refractivity contribution in [2.45, 2.75) is 31.7 Å². The molecule has 184 valence electrons. The fourth-order valence-corrected chi connectivity index (χ4v) is 3.64. The number of rotatable bonds is 4. The van der Waals surface area contributed by atoms with Crippen molar-refractivity contribution in [1.29, 1.82) is 0 Å². The summed E-state index contributed by atoms with van der Waals surface area (Å²) in [7, 11) is 1.73. The highest BCUT2D eigenvalue weighted by Gasteiger charge is 2.39.